The van der Waals surface area contributed by atoms with Crippen LogP contribution >= 0.6 is 31.9 Å². The minimum absolute atomic E-state index is 0.0130. The van der Waals surface area contributed by atoms with E-state index >= 15 is 0 Å². The molecule has 0 fully saturated rings. The van der Waals surface area contributed by atoms with Gasteiger partial charge in [-0.25, -0.2) is 14.8 Å². The lowest BCUT2D eigenvalue weighted by Gasteiger charge is -2.19. The van der Waals surface area contributed by atoms with E-state index in [1.54, 1.807) is 0 Å². The van der Waals surface area contributed by atoms with Gasteiger partial charge in [0, 0.05) is 30.6 Å². The van der Waals surface area contributed by atoms with E-state index in [2.05, 4.69) is 46.6 Å². The minimum Gasteiger partial charge on any atom is -0.463 e. The topological polar surface area (TPSA) is 72.3 Å². The molecule has 13 heteroatoms. The molecule has 2 aromatic rings. The van der Waals surface area contributed by atoms with E-state index < -0.39 is 36.4 Å². The summed E-state index contributed by atoms with van der Waals surface area (Å²) in [7, 11) is 0. The number of rotatable bonds is 6. The number of esters is 1. The van der Waals surface area contributed by atoms with Gasteiger partial charge in [0.15, 0.2) is 0 Å². The van der Waals surface area contributed by atoms with Crippen molar-refractivity contribution < 1.29 is 41.0 Å². The van der Waals surface area contributed by atoms with Crippen LogP contribution in [0.3, 0.4) is 0 Å². The Kier molecular flexibility index (Phi) is 11.5. The Hall–Kier alpha value is -1.99. The maximum atomic E-state index is 12.8. The molecule has 0 aliphatic rings. The fourth-order valence-electron chi connectivity index (χ4n) is 2.41. The zero-order valence-electron chi connectivity index (χ0n) is 16.9. The number of alkyl halides is 6. The average Bonchev–Trinajstić information content (AvgIpc) is 2.71. The van der Waals surface area contributed by atoms with Crippen LogP contribution in [-0.4, -0.2) is 46.6 Å². The second-order valence-electron chi connectivity index (χ2n) is 6.20. The van der Waals surface area contributed by atoms with Crippen LogP contribution < -0.4 is 0 Å². The van der Waals surface area contributed by atoms with Gasteiger partial charge in [-0.15, -0.1) is 0 Å². The smallest absolute Gasteiger partial charge is 0.417 e. The van der Waals surface area contributed by atoms with E-state index in [-0.39, 0.29) is 24.2 Å². The van der Waals surface area contributed by atoms with Gasteiger partial charge in [0.25, 0.3) is 0 Å². The van der Waals surface area contributed by atoms with E-state index in [0.717, 1.165) is 12.4 Å². The van der Waals surface area contributed by atoms with Gasteiger partial charge in [-0.2, -0.15) is 26.3 Å². The first-order chi connectivity index (χ1) is 15.3. The van der Waals surface area contributed by atoms with Crippen molar-refractivity contribution in [3.8, 4) is 0 Å². The lowest BCUT2D eigenvalue weighted by molar-refractivity contribution is -0.153. The number of carbonyl (C=O) groups excluding carboxylic acids is 1. The average molecular weight is 608 g/mol. The largest absolute Gasteiger partial charge is 0.463 e. The molecule has 0 aromatic carbocycles. The summed E-state index contributed by atoms with van der Waals surface area (Å²) >= 11 is 6.06. The molecule has 0 aliphatic heterocycles. The molecule has 5 nitrogen and oxygen atoms in total. The quantitative estimate of drug-likeness (QED) is 0.183. The maximum Gasteiger partial charge on any atom is 0.417 e. The van der Waals surface area contributed by atoms with Crippen molar-refractivity contribution in [1.29, 1.82) is 0 Å². The monoisotopic (exact) mass is 606 g/mol. The molecule has 1 atom stereocenters. The van der Waals surface area contributed by atoms with Crippen LogP contribution in [0.25, 0.3) is 5.57 Å². The van der Waals surface area contributed by atoms with Crippen molar-refractivity contribution in [1.82, 2.24) is 9.97 Å². The summed E-state index contributed by atoms with van der Waals surface area (Å²) in [6.45, 7) is 1.03. The summed E-state index contributed by atoms with van der Waals surface area (Å²) in [5, 5.41) is 8.59. The van der Waals surface area contributed by atoms with E-state index in [1.165, 1.54) is 31.2 Å². The number of ether oxygens (including phenoxy) is 1. The van der Waals surface area contributed by atoms with Gasteiger partial charge in [-0.05, 0) is 62.9 Å². The highest BCUT2D eigenvalue weighted by Crippen LogP contribution is 2.37. The highest BCUT2D eigenvalue weighted by Gasteiger charge is 2.40. The standard InChI is InChI=1S/C11H9BrF3NO2.C9H9BrF3NO/c1-2-18-10(17)5-8(11(13,14)15)7-3-4-9(12)16-6-7;10-8-2-1-6(5-14-8)7(3-4-15)9(11,12)13/h3-6H,2H2,1H3;1-2,5,7,15H,3-4H2/b8-5-;. The molecule has 33 heavy (non-hydrogen) atoms. The number of aliphatic hydroxyl groups excluding tert-OH is 1. The summed E-state index contributed by atoms with van der Waals surface area (Å²) in [5.74, 6) is -2.68. The number of hydrogen-bond acceptors (Lipinski definition) is 5. The Morgan fingerprint density at radius 1 is 1.06 bits per heavy atom. The molecule has 0 bridgehead atoms. The fraction of sp³-hybridized carbons (Fsp3) is 0.350. The van der Waals surface area contributed by atoms with Crippen LogP contribution in [0, 0.1) is 0 Å². The normalized spacial score (nSPS) is 13.1. The minimum atomic E-state index is -4.65. The van der Waals surface area contributed by atoms with Gasteiger partial charge in [-0.3, -0.25) is 0 Å². The number of nitrogens with zero attached hydrogens (tertiary/aromatic N) is 2. The van der Waals surface area contributed by atoms with Gasteiger partial charge in [0.1, 0.15) is 9.21 Å². The maximum absolute atomic E-state index is 12.8. The molecule has 0 aliphatic carbocycles. The Morgan fingerprint density at radius 3 is 2.03 bits per heavy atom. The first-order valence-electron chi connectivity index (χ1n) is 9.16. The van der Waals surface area contributed by atoms with Crippen LogP contribution in [0.15, 0.2) is 51.9 Å². The van der Waals surface area contributed by atoms with Crippen molar-refractivity contribution in [2.75, 3.05) is 13.2 Å². The molecule has 0 amide bonds. The summed E-state index contributed by atoms with van der Waals surface area (Å²) in [6.07, 6.45) is -6.72. The Morgan fingerprint density at radius 2 is 1.64 bits per heavy atom. The Labute approximate surface area is 202 Å². The van der Waals surface area contributed by atoms with Crippen LogP contribution in [-0.2, 0) is 9.53 Å². The van der Waals surface area contributed by atoms with Crippen molar-refractivity contribution >= 4 is 43.4 Å². The predicted octanol–water partition coefficient (Wildman–Crippen LogP) is 6.23. The van der Waals surface area contributed by atoms with Crippen LogP contribution in [0.4, 0.5) is 26.3 Å². The fourth-order valence-corrected chi connectivity index (χ4v) is 2.88. The van der Waals surface area contributed by atoms with E-state index in [4.69, 9.17) is 5.11 Å². The zero-order valence-corrected chi connectivity index (χ0v) is 20.1. The molecule has 0 saturated heterocycles. The second-order valence-corrected chi connectivity index (χ2v) is 7.82. The van der Waals surface area contributed by atoms with Crippen LogP contribution in [0.2, 0.25) is 0 Å². The first kappa shape index (κ1) is 29.0. The highest BCUT2D eigenvalue weighted by atomic mass is 79.9. The highest BCUT2D eigenvalue weighted by molar-refractivity contribution is 9.10. The van der Waals surface area contributed by atoms with Crippen molar-refractivity contribution in [2.45, 2.75) is 31.6 Å². The van der Waals surface area contributed by atoms with E-state index in [9.17, 15) is 31.1 Å². The summed E-state index contributed by atoms with van der Waals surface area (Å²) in [6, 6.07) is 5.38. The van der Waals surface area contributed by atoms with Gasteiger partial charge >= 0.3 is 18.3 Å². The number of aromatic nitrogens is 2. The molecule has 2 aromatic heterocycles. The third kappa shape index (κ3) is 10.2. The summed E-state index contributed by atoms with van der Waals surface area (Å²) in [5.41, 5.74) is -1.21. The van der Waals surface area contributed by atoms with Crippen molar-refractivity contribution in [3.63, 3.8) is 0 Å². The first-order valence-corrected chi connectivity index (χ1v) is 10.7. The molecule has 0 saturated carbocycles. The number of carbonyl (C=O) groups is 1. The van der Waals surface area contributed by atoms with Gasteiger partial charge in [-0.1, -0.05) is 12.1 Å². The van der Waals surface area contributed by atoms with Crippen LogP contribution in [0.5, 0.6) is 0 Å². The SMILES string of the molecule is CCOC(=O)/C=C(/c1ccc(Br)nc1)C(F)(F)F.OCCC(c1ccc(Br)nc1)C(F)(F)F. The molecule has 182 valence electrons. The lowest BCUT2D eigenvalue weighted by Crippen LogP contribution is -2.22. The van der Waals surface area contributed by atoms with Crippen molar-refractivity contribution in [3.05, 3.63) is 63.1 Å². The molecular weight excluding hydrogens is 590 g/mol. The molecular formula is C20H18Br2F6N2O3. The van der Waals surface area contributed by atoms with Gasteiger partial charge < -0.3 is 9.84 Å². The van der Waals surface area contributed by atoms with Gasteiger partial charge in [0.05, 0.1) is 18.1 Å². The molecule has 2 heterocycles. The molecule has 2 rings (SSSR count). The number of aliphatic hydroxyl groups is 1. The van der Waals surface area contributed by atoms with Crippen molar-refractivity contribution in [2.24, 2.45) is 0 Å². The van der Waals surface area contributed by atoms with Gasteiger partial charge in [0.2, 0.25) is 0 Å². The number of pyridine rings is 2. The third-order valence-electron chi connectivity index (χ3n) is 3.86. The number of halogens is 8. The predicted molar refractivity (Wildman–Crippen MR) is 115 cm³/mol. The lowest BCUT2D eigenvalue weighted by atomic mass is 9.97. The zero-order chi connectivity index (χ0) is 25.2. The molecule has 1 N–H and O–H groups in total. The van der Waals surface area contributed by atoms with E-state index in [1.807, 2.05) is 0 Å². The summed E-state index contributed by atoms with van der Waals surface area (Å²) in [4.78, 5) is 18.5. The van der Waals surface area contributed by atoms with E-state index in [0.29, 0.717) is 15.3 Å². The Bertz CT molecular complexity index is 917. The molecule has 0 radical (unpaired) electrons. The Balaban J connectivity index is 0.000000335. The summed E-state index contributed by atoms with van der Waals surface area (Å²) < 4.78 is 81.4. The number of allylic oxidation sites excluding steroid dienone is 1. The third-order valence-corrected chi connectivity index (χ3v) is 4.80. The van der Waals surface area contributed by atoms with Crippen LogP contribution in [0.1, 0.15) is 30.4 Å². The second kappa shape index (κ2) is 13.0. The molecule has 0 spiro atoms. The number of hydrogen-bond donors (Lipinski definition) is 1. The molecule has 1 unspecified atom stereocenters.